The smallest absolute Gasteiger partial charge is 0.136 e. The zero-order valence-electron chi connectivity index (χ0n) is 5.56. The van der Waals surface area contributed by atoms with Crippen LogP contribution in [0.15, 0.2) is 11.6 Å². The van der Waals surface area contributed by atoms with Crippen LogP contribution in [0, 0.1) is 0 Å². The molecule has 9 heavy (non-hydrogen) atoms. The monoisotopic (exact) mass is 146 g/mol. The zero-order valence-corrected chi connectivity index (χ0v) is 6.32. The van der Waals surface area contributed by atoms with E-state index in [1.165, 1.54) is 5.54 Å². The first-order valence-corrected chi connectivity index (χ1v) is 3.51. The van der Waals surface area contributed by atoms with E-state index in [1.807, 2.05) is 6.92 Å². The number of ketones is 1. The van der Waals surface area contributed by atoms with Crippen molar-refractivity contribution in [2.75, 3.05) is 0 Å². The molecule has 0 rings (SSSR count). The number of hydrogen-bond acceptors (Lipinski definition) is 1. The summed E-state index contributed by atoms with van der Waals surface area (Å²) in [4.78, 5) is 10.7. The van der Waals surface area contributed by atoms with E-state index in [0.717, 1.165) is 6.42 Å². The van der Waals surface area contributed by atoms with Gasteiger partial charge in [0.2, 0.25) is 0 Å². The second kappa shape index (κ2) is 5.83. The van der Waals surface area contributed by atoms with Crippen molar-refractivity contribution in [2.45, 2.75) is 26.2 Å². The van der Waals surface area contributed by atoms with E-state index in [0.29, 0.717) is 12.8 Å². The third kappa shape index (κ3) is 5.57. The van der Waals surface area contributed by atoms with Crippen LogP contribution in [0.1, 0.15) is 26.2 Å². The molecule has 0 saturated heterocycles. The van der Waals surface area contributed by atoms with Gasteiger partial charge in [0.15, 0.2) is 0 Å². The Labute approximate surface area is 60.7 Å². The number of Topliss-reactive ketones (excluding diaryl/α,β-unsaturated/α-hetero) is 1. The second-order valence-corrected chi connectivity index (χ2v) is 2.11. The van der Waals surface area contributed by atoms with Crippen molar-refractivity contribution in [1.29, 1.82) is 0 Å². The predicted octanol–water partition coefficient (Wildman–Crippen LogP) is 2.50. The highest BCUT2D eigenvalue weighted by molar-refractivity contribution is 6.25. The van der Waals surface area contributed by atoms with Crippen LogP contribution in [-0.2, 0) is 4.79 Å². The number of hydrogen-bond donors (Lipinski definition) is 0. The van der Waals surface area contributed by atoms with Gasteiger partial charge in [-0.3, -0.25) is 4.79 Å². The highest BCUT2D eigenvalue weighted by Crippen LogP contribution is 1.95. The number of carbonyl (C=O) groups is 1. The van der Waals surface area contributed by atoms with Gasteiger partial charge in [-0.15, -0.1) is 0 Å². The van der Waals surface area contributed by atoms with Crippen molar-refractivity contribution < 1.29 is 4.79 Å². The number of carbonyl (C=O) groups excluding carboxylic acids is 1. The third-order valence-corrected chi connectivity index (χ3v) is 1.14. The summed E-state index contributed by atoms with van der Waals surface area (Å²) >= 11 is 5.21. The fourth-order valence-electron chi connectivity index (χ4n) is 0.557. The van der Waals surface area contributed by atoms with E-state index in [4.69, 9.17) is 11.6 Å². The fourth-order valence-corrected chi connectivity index (χ4v) is 0.646. The summed E-state index contributed by atoms with van der Waals surface area (Å²) < 4.78 is 0. The van der Waals surface area contributed by atoms with Gasteiger partial charge in [-0.25, -0.2) is 0 Å². The lowest BCUT2D eigenvalue weighted by molar-refractivity contribution is -0.118. The topological polar surface area (TPSA) is 17.1 Å². The summed E-state index contributed by atoms with van der Waals surface area (Å²) in [6.45, 7) is 1.99. The third-order valence-electron chi connectivity index (χ3n) is 0.963. The molecule has 0 heterocycles. The van der Waals surface area contributed by atoms with Crippen molar-refractivity contribution in [1.82, 2.24) is 0 Å². The molecule has 0 spiro atoms. The van der Waals surface area contributed by atoms with Gasteiger partial charge in [-0.1, -0.05) is 24.6 Å². The summed E-state index contributed by atoms with van der Waals surface area (Å²) in [6.07, 6.45) is 3.74. The summed E-state index contributed by atoms with van der Waals surface area (Å²) in [6, 6.07) is 0. The standard InChI is InChI=1S/C7H11ClO/c1-2-4-7(9)5-3-6-8/h3,6H,2,4-5H2,1H3/b6-3-. The minimum atomic E-state index is 0.259. The minimum absolute atomic E-state index is 0.259. The molecule has 0 aromatic carbocycles. The van der Waals surface area contributed by atoms with Crippen LogP contribution >= 0.6 is 11.6 Å². The molecule has 0 amide bonds. The molecule has 2 heteroatoms. The van der Waals surface area contributed by atoms with E-state index in [1.54, 1.807) is 6.08 Å². The van der Waals surface area contributed by atoms with Crippen LogP contribution in [0.25, 0.3) is 0 Å². The van der Waals surface area contributed by atoms with Gasteiger partial charge in [-0.05, 0) is 6.42 Å². The Morgan fingerprint density at radius 1 is 1.67 bits per heavy atom. The number of allylic oxidation sites excluding steroid dienone is 1. The Kier molecular flexibility index (Phi) is 5.64. The van der Waals surface area contributed by atoms with E-state index in [9.17, 15) is 4.79 Å². The first-order chi connectivity index (χ1) is 4.31. The molecular formula is C7H11ClO. The number of rotatable bonds is 4. The van der Waals surface area contributed by atoms with Crippen molar-refractivity contribution in [2.24, 2.45) is 0 Å². The molecule has 0 aliphatic carbocycles. The first kappa shape index (κ1) is 8.70. The van der Waals surface area contributed by atoms with Crippen LogP contribution in [0.5, 0.6) is 0 Å². The van der Waals surface area contributed by atoms with Gasteiger partial charge < -0.3 is 0 Å². The second-order valence-electron chi connectivity index (χ2n) is 1.85. The number of halogens is 1. The molecule has 0 aromatic rings. The Hall–Kier alpha value is -0.300. The molecule has 0 atom stereocenters. The van der Waals surface area contributed by atoms with Crippen LogP contribution in [0.2, 0.25) is 0 Å². The Balaban J connectivity index is 3.27. The van der Waals surface area contributed by atoms with Gasteiger partial charge >= 0.3 is 0 Å². The fraction of sp³-hybridized carbons (Fsp3) is 0.571. The minimum Gasteiger partial charge on any atom is -0.299 e. The maximum Gasteiger partial charge on any atom is 0.136 e. The van der Waals surface area contributed by atoms with Crippen LogP contribution in [0.3, 0.4) is 0 Å². The molecule has 0 radical (unpaired) electrons. The van der Waals surface area contributed by atoms with Crippen molar-refractivity contribution in [3.05, 3.63) is 11.6 Å². The van der Waals surface area contributed by atoms with Gasteiger partial charge in [0.05, 0.1) is 0 Å². The molecular weight excluding hydrogens is 136 g/mol. The molecule has 0 aromatic heterocycles. The SMILES string of the molecule is CCCC(=O)C/C=C\Cl. The molecule has 0 saturated carbocycles. The van der Waals surface area contributed by atoms with Crippen LogP contribution in [-0.4, -0.2) is 5.78 Å². The average molecular weight is 147 g/mol. The quantitative estimate of drug-likeness (QED) is 0.596. The maximum absolute atomic E-state index is 10.7. The highest BCUT2D eigenvalue weighted by Gasteiger charge is 1.93. The van der Waals surface area contributed by atoms with E-state index >= 15 is 0 Å². The zero-order chi connectivity index (χ0) is 7.11. The Morgan fingerprint density at radius 2 is 2.33 bits per heavy atom. The molecule has 0 unspecified atom stereocenters. The van der Waals surface area contributed by atoms with Gasteiger partial charge in [0, 0.05) is 18.4 Å². The predicted molar refractivity (Wildman–Crippen MR) is 39.5 cm³/mol. The van der Waals surface area contributed by atoms with Crippen LogP contribution < -0.4 is 0 Å². The van der Waals surface area contributed by atoms with Gasteiger partial charge in [0.25, 0.3) is 0 Å². The molecule has 0 aliphatic rings. The van der Waals surface area contributed by atoms with Gasteiger partial charge in [-0.2, -0.15) is 0 Å². The lowest BCUT2D eigenvalue weighted by Crippen LogP contribution is -1.92. The molecule has 52 valence electrons. The Morgan fingerprint density at radius 3 is 2.78 bits per heavy atom. The van der Waals surface area contributed by atoms with E-state index in [2.05, 4.69) is 0 Å². The lowest BCUT2D eigenvalue weighted by Gasteiger charge is -1.89. The first-order valence-electron chi connectivity index (χ1n) is 3.08. The molecule has 0 aliphatic heterocycles. The molecule has 0 N–H and O–H groups in total. The summed E-state index contributed by atoms with van der Waals surface area (Å²) in [5, 5.41) is 0. The summed E-state index contributed by atoms with van der Waals surface area (Å²) in [7, 11) is 0. The largest absolute Gasteiger partial charge is 0.299 e. The average Bonchev–Trinajstić information content (AvgIpc) is 1.85. The van der Waals surface area contributed by atoms with E-state index < -0.39 is 0 Å². The van der Waals surface area contributed by atoms with Gasteiger partial charge in [0.1, 0.15) is 5.78 Å². The van der Waals surface area contributed by atoms with E-state index in [-0.39, 0.29) is 5.78 Å². The summed E-state index contributed by atoms with van der Waals surface area (Å²) in [5.41, 5.74) is 1.38. The summed E-state index contributed by atoms with van der Waals surface area (Å²) in [5.74, 6) is 0.259. The van der Waals surface area contributed by atoms with Crippen molar-refractivity contribution in [3.63, 3.8) is 0 Å². The van der Waals surface area contributed by atoms with Crippen LogP contribution in [0.4, 0.5) is 0 Å². The van der Waals surface area contributed by atoms with Crippen molar-refractivity contribution >= 4 is 17.4 Å². The normalized spacial score (nSPS) is 10.4. The van der Waals surface area contributed by atoms with Crippen molar-refractivity contribution in [3.8, 4) is 0 Å². The maximum atomic E-state index is 10.7. The molecule has 0 bridgehead atoms. The highest BCUT2D eigenvalue weighted by atomic mass is 35.5. The lowest BCUT2D eigenvalue weighted by atomic mass is 10.2. The Bertz CT molecular complexity index is 107. The molecule has 0 fully saturated rings. The molecule has 1 nitrogen and oxygen atoms in total.